The van der Waals surface area contributed by atoms with E-state index < -0.39 is 12.0 Å². The van der Waals surface area contributed by atoms with Gasteiger partial charge in [-0.05, 0) is 20.8 Å². The fraction of sp³-hybridized carbons (Fsp3) is 0.400. The highest BCUT2D eigenvalue weighted by atomic mass is 16.5. The van der Waals surface area contributed by atoms with E-state index in [0.29, 0.717) is 17.0 Å². The number of hydrogen-bond donors (Lipinski definition) is 2. The van der Waals surface area contributed by atoms with E-state index >= 15 is 0 Å². The number of hydrogen-bond acceptors (Lipinski definition) is 6. The average Bonchev–Trinajstić information content (AvgIpc) is 2.68. The van der Waals surface area contributed by atoms with Crippen LogP contribution < -0.4 is 11.2 Å². The molecule has 0 aliphatic heterocycles. The first-order chi connectivity index (χ1) is 8.47. The molecule has 0 aromatic carbocycles. The molecule has 0 unspecified atom stereocenters. The van der Waals surface area contributed by atoms with Crippen molar-refractivity contribution in [2.24, 2.45) is 10.8 Å². The van der Waals surface area contributed by atoms with Gasteiger partial charge in [0, 0.05) is 0 Å². The zero-order valence-electron chi connectivity index (χ0n) is 10.3. The van der Waals surface area contributed by atoms with Crippen LogP contribution in [0.3, 0.4) is 0 Å². The summed E-state index contributed by atoms with van der Waals surface area (Å²) in [5.41, 5.74) is 7.69. The lowest BCUT2D eigenvalue weighted by Gasteiger charge is -2.02. The Morgan fingerprint density at radius 2 is 2.22 bits per heavy atom. The second-order valence-electron chi connectivity index (χ2n) is 3.36. The van der Waals surface area contributed by atoms with Gasteiger partial charge in [0.2, 0.25) is 5.69 Å². The van der Waals surface area contributed by atoms with Crippen molar-refractivity contribution in [1.82, 2.24) is 10.6 Å². The third-order valence-electron chi connectivity index (χ3n) is 2.03. The zero-order valence-corrected chi connectivity index (χ0v) is 10.3. The summed E-state index contributed by atoms with van der Waals surface area (Å²) in [6.07, 6.45) is 0. The van der Waals surface area contributed by atoms with Crippen LogP contribution in [0.2, 0.25) is 0 Å². The van der Waals surface area contributed by atoms with Crippen LogP contribution in [-0.4, -0.2) is 29.5 Å². The lowest BCUT2D eigenvalue weighted by Crippen LogP contribution is -2.26. The number of nitrogens with two attached hydrogens (primary N) is 1. The van der Waals surface area contributed by atoms with Gasteiger partial charge in [0.25, 0.3) is 0 Å². The second kappa shape index (κ2) is 5.80. The largest absolute Gasteiger partial charge is 0.461 e. The molecule has 8 heteroatoms. The fourth-order valence-electron chi connectivity index (χ4n) is 1.33. The van der Waals surface area contributed by atoms with Gasteiger partial charge in [-0.1, -0.05) is 5.16 Å². The molecular formula is C10H14N4O4. The number of amides is 2. The fourth-order valence-corrected chi connectivity index (χ4v) is 1.33. The molecule has 0 saturated heterocycles. The number of hydrazone groups is 1. The first-order valence-electron chi connectivity index (χ1n) is 5.20. The number of aromatic nitrogens is 1. The molecule has 0 bridgehead atoms. The number of esters is 1. The number of ether oxygens (including phenoxy) is 1. The van der Waals surface area contributed by atoms with E-state index in [-0.39, 0.29) is 12.3 Å². The van der Waals surface area contributed by atoms with E-state index in [1.165, 1.54) is 0 Å². The number of nitrogens with zero attached hydrogens (tertiary/aromatic N) is 2. The molecular weight excluding hydrogens is 240 g/mol. The molecule has 0 aliphatic carbocycles. The quantitative estimate of drug-likeness (QED) is 0.462. The van der Waals surface area contributed by atoms with Crippen LogP contribution in [0.1, 0.15) is 35.7 Å². The second-order valence-corrected chi connectivity index (χ2v) is 3.36. The summed E-state index contributed by atoms with van der Waals surface area (Å²) >= 11 is 0. The van der Waals surface area contributed by atoms with Crippen LogP contribution in [0.5, 0.6) is 0 Å². The molecule has 0 radical (unpaired) electrons. The van der Waals surface area contributed by atoms with Gasteiger partial charge in [-0.25, -0.2) is 15.0 Å². The number of urea groups is 1. The van der Waals surface area contributed by atoms with Gasteiger partial charge in [0.05, 0.1) is 17.9 Å². The van der Waals surface area contributed by atoms with E-state index in [2.05, 4.69) is 15.7 Å². The maximum Gasteiger partial charge on any atom is 0.361 e. The van der Waals surface area contributed by atoms with Crippen molar-refractivity contribution in [3.63, 3.8) is 0 Å². The third-order valence-corrected chi connectivity index (χ3v) is 2.03. The molecule has 1 aromatic rings. The van der Waals surface area contributed by atoms with Crippen LogP contribution in [0.25, 0.3) is 0 Å². The summed E-state index contributed by atoms with van der Waals surface area (Å²) in [5.74, 6) is -0.219. The minimum absolute atomic E-state index is 0.0156. The Bertz CT molecular complexity index is 492. The first-order valence-corrected chi connectivity index (χ1v) is 5.20. The SMILES string of the molecule is CCOC(=O)c1noc(C)c1/C(C)=N/NC(N)=O. The zero-order chi connectivity index (χ0) is 13.7. The third kappa shape index (κ3) is 3.06. The lowest BCUT2D eigenvalue weighted by atomic mass is 10.1. The van der Waals surface area contributed by atoms with Gasteiger partial charge in [-0.3, -0.25) is 0 Å². The van der Waals surface area contributed by atoms with Gasteiger partial charge < -0.3 is 15.0 Å². The Kier molecular flexibility index (Phi) is 4.41. The standard InChI is InChI=1S/C10H14N4O4/c1-4-17-9(15)8-7(6(3)18-14-8)5(2)12-13-10(11)16/h4H2,1-3H3,(H3,11,13,16)/b12-5+. The van der Waals surface area contributed by atoms with Gasteiger partial charge in [0.15, 0.2) is 0 Å². The molecule has 1 aromatic heterocycles. The molecule has 0 fully saturated rings. The smallest absolute Gasteiger partial charge is 0.361 e. The summed E-state index contributed by atoms with van der Waals surface area (Å²) in [7, 11) is 0. The number of rotatable bonds is 4. The van der Waals surface area contributed by atoms with Crippen molar-refractivity contribution >= 4 is 17.7 Å². The minimum atomic E-state index is -0.804. The van der Waals surface area contributed by atoms with Crippen LogP contribution in [0.4, 0.5) is 4.79 Å². The molecule has 8 nitrogen and oxygen atoms in total. The van der Waals surface area contributed by atoms with E-state index in [0.717, 1.165) is 0 Å². The molecule has 0 aliphatic rings. The summed E-state index contributed by atoms with van der Waals surface area (Å²) in [6.45, 7) is 5.10. The number of carbonyl (C=O) groups excluding carboxylic acids is 2. The van der Waals surface area contributed by atoms with Crippen LogP contribution in [0.15, 0.2) is 9.62 Å². The van der Waals surface area contributed by atoms with Crippen molar-refractivity contribution in [3.05, 3.63) is 17.0 Å². The topological polar surface area (TPSA) is 120 Å². The van der Waals surface area contributed by atoms with Crippen molar-refractivity contribution in [2.75, 3.05) is 6.61 Å². The molecule has 1 heterocycles. The van der Waals surface area contributed by atoms with E-state index in [4.69, 9.17) is 15.0 Å². The average molecular weight is 254 g/mol. The number of carbonyl (C=O) groups is 2. The van der Waals surface area contributed by atoms with Crippen LogP contribution in [-0.2, 0) is 4.74 Å². The normalized spacial score (nSPS) is 11.2. The molecule has 2 amide bonds. The molecule has 0 saturated carbocycles. The van der Waals surface area contributed by atoms with Crippen molar-refractivity contribution in [2.45, 2.75) is 20.8 Å². The van der Waals surface area contributed by atoms with Crippen LogP contribution in [0, 0.1) is 6.92 Å². The molecule has 18 heavy (non-hydrogen) atoms. The molecule has 0 spiro atoms. The van der Waals surface area contributed by atoms with Gasteiger partial charge in [0.1, 0.15) is 5.76 Å². The first kappa shape index (κ1) is 13.7. The van der Waals surface area contributed by atoms with E-state index in [1.54, 1.807) is 20.8 Å². The monoisotopic (exact) mass is 254 g/mol. The van der Waals surface area contributed by atoms with Crippen molar-refractivity contribution < 1.29 is 18.8 Å². The Morgan fingerprint density at radius 3 is 2.78 bits per heavy atom. The molecule has 98 valence electrons. The Balaban J connectivity index is 3.07. The molecule has 0 atom stereocenters. The van der Waals surface area contributed by atoms with Crippen molar-refractivity contribution in [1.29, 1.82) is 0 Å². The Hall–Kier alpha value is -2.38. The molecule has 3 N–H and O–H groups in total. The maximum atomic E-state index is 11.6. The number of primary amides is 1. The van der Waals surface area contributed by atoms with Crippen molar-refractivity contribution in [3.8, 4) is 0 Å². The maximum absolute atomic E-state index is 11.6. The highest BCUT2D eigenvalue weighted by Crippen LogP contribution is 2.15. The Morgan fingerprint density at radius 1 is 1.56 bits per heavy atom. The number of aryl methyl sites for hydroxylation is 1. The summed E-state index contributed by atoms with van der Waals surface area (Å²) < 4.78 is 9.74. The van der Waals surface area contributed by atoms with Crippen LogP contribution >= 0.6 is 0 Å². The van der Waals surface area contributed by atoms with Gasteiger partial charge in [-0.15, -0.1) is 0 Å². The predicted octanol–water partition coefficient (Wildman–Crippen LogP) is 0.552. The summed E-state index contributed by atoms with van der Waals surface area (Å²) in [6, 6.07) is -0.804. The Labute approximate surface area is 103 Å². The highest BCUT2D eigenvalue weighted by Gasteiger charge is 2.23. The summed E-state index contributed by atoms with van der Waals surface area (Å²) in [4.78, 5) is 22.2. The van der Waals surface area contributed by atoms with E-state index in [1.807, 2.05) is 0 Å². The molecule has 1 rings (SSSR count). The van der Waals surface area contributed by atoms with E-state index in [9.17, 15) is 9.59 Å². The lowest BCUT2D eigenvalue weighted by molar-refractivity contribution is 0.0514. The van der Waals surface area contributed by atoms with Gasteiger partial charge >= 0.3 is 12.0 Å². The minimum Gasteiger partial charge on any atom is -0.461 e. The highest BCUT2D eigenvalue weighted by molar-refractivity contribution is 6.07. The summed E-state index contributed by atoms with van der Waals surface area (Å²) in [5, 5.41) is 7.32. The van der Waals surface area contributed by atoms with Gasteiger partial charge in [-0.2, -0.15) is 5.10 Å². The predicted molar refractivity (Wildman–Crippen MR) is 62.1 cm³/mol. The number of nitrogens with one attached hydrogen (secondary N) is 1.